The summed E-state index contributed by atoms with van der Waals surface area (Å²) in [6.45, 7) is 12.4. The minimum Gasteiger partial charge on any atom is -0.455 e. The third-order valence-corrected chi connectivity index (χ3v) is 2.85. The quantitative estimate of drug-likeness (QED) is 0.721. The second-order valence-corrected chi connectivity index (χ2v) is 6.57. The molecule has 0 radical (unpaired) electrons. The highest BCUT2D eigenvalue weighted by Gasteiger charge is 2.22. The molecule has 0 amide bonds. The fourth-order valence-corrected chi connectivity index (χ4v) is 1.42. The van der Waals surface area contributed by atoms with E-state index < -0.39 is 12.1 Å². The predicted octanol–water partition coefficient (Wildman–Crippen LogP) is 2.86. The molecule has 120 valence electrons. The maximum atomic E-state index is 11.8. The first-order valence-corrected chi connectivity index (χ1v) is 7.31. The van der Waals surface area contributed by atoms with Crippen molar-refractivity contribution < 1.29 is 18.8 Å². The Hall–Kier alpha value is -1.43. The molecule has 0 aromatic carbocycles. The highest BCUT2D eigenvalue weighted by Crippen LogP contribution is 2.19. The summed E-state index contributed by atoms with van der Waals surface area (Å²) in [5.74, 6) is 1.02. The average molecular weight is 298 g/mol. The summed E-state index contributed by atoms with van der Waals surface area (Å²) in [4.78, 5) is 16.0. The zero-order valence-electron chi connectivity index (χ0n) is 13.8. The Morgan fingerprint density at radius 1 is 1.29 bits per heavy atom. The van der Waals surface area contributed by atoms with Gasteiger partial charge in [-0.2, -0.15) is 4.98 Å². The lowest BCUT2D eigenvalue weighted by Crippen LogP contribution is -2.24. The standard InChI is InChI=1S/C15H26N2O4/c1-10(2)7-8-19-11(3)13(18)20-9-12-16-14(21-17-12)15(4,5)6/h10-11H,7-9H2,1-6H3. The van der Waals surface area contributed by atoms with E-state index in [2.05, 4.69) is 24.0 Å². The fourth-order valence-electron chi connectivity index (χ4n) is 1.42. The summed E-state index contributed by atoms with van der Waals surface area (Å²) < 4.78 is 15.7. The first-order chi connectivity index (χ1) is 9.70. The molecule has 1 rings (SSSR count). The summed E-state index contributed by atoms with van der Waals surface area (Å²) in [5.41, 5.74) is -0.220. The second kappa shape index (κ2) is 7.54. The molecule has 0 aliphatic rings. The summed E-state index contributed by atoms with van der Waals surface area (Å²) in [5, 5.41) is 3.80. The van der Waals surface area contributed by atoms with E-state index in [0.29, 0.717) is 24.2 Å². The summed E-state index contributed by atoms with van der Waals surface area (Å²) in [7, 11) is 0. The van der Waals surface area contributed by atoms with Crippen LogP contribution in [0.5, 0.6) is 0 Å². The summed E-state index contributed by atoms with van der Waals surface area (Å²) >= 11 is 0. The molecule has 0 N–H and O–H groups in total. The number of hydrogen-bond acceptors (Lipinski definition) is 6. The number of esters is 1. The molecular weight excluding hydrogens is 272 g/mol. The van der Waals surface area contributed by atoms with Gasteiger partial charge in [0.1, 0.15) is 0 Å². The van der Waals surface area contributed by atoms with Gasteiger partial charge >= 0.3 is 5.97 Å². The molecule has 1 atom stereocenters. The van der Waals surface area contributed by atoms with Gasteiger partial charge in [-0.1, -0.05) is 39.8 Å². The van der Waals surface area contributed by atoms with Gasteiger partial charge in [-0.05, 0) is 19.3 Å². The molecule has 0 aliphatic carbocycles. The van der Waals surface area contributed by atoms with Crippen molar-refractivity contribution in [2.24, 2.45) is 5.92 Å². The molecule has 0 saturated heterocycles. The van der Waals surface area contributed by atoms with Gasteiger partial charge in [0.15, 0.2) is 12.7 Å². The molecule has 0 bridgehead atoms. The molecular formula is C15H26N2O4. The van der Waals surface area contributed by atoms with E-state index in [9.17, 15) is 4.79 Å². The normalized spacial score (nSPS) is 13.5. The van der Waals surface area contributed by atoms with Crippen molar-refractivity contribution in [2.45, 2.75) is 66.1 Å². The van der Waals surface area contributed by atoms with E-state index in [-0.39, 0.29) is 12.0 Å². The molecule has 1 aromatic heterocycles. The molecule has 21 heavy (non-hydrogen) atoms. The highest BCUT2D eigenvalue weighted by atomic mass is 16.6. The third-order valence-electron chi connectivity index (χ3n) is 2.85. The largest absolute Gasteiger partial charge is 0.455 e. The van der Waals surface area contributed by atoms with Gasteiger partial charge in [0, 0.05) is 12.0 Å². The monoisotopic (exact) mass is 298 g/mol. The lowest BCUT2D eigenvalue weighted by Gasteiger charge is -2.12. The van der Waals surface area contributed by atoms with Crippen LogP contribution in [0.3, 0.4) is 0 Å². The number of aromatic nitrogens is 2. The van der Waals surface area contributed by atoms with Gasteiger partial charge in [0.25, 0.3) is 0 Å². The van der Waals surface area contributed by atoms with Crippen LogP contribution in [0.2, 0.25) is 0 Å². The van der Waals surface area contributed by atoms with Gasteiger partial charge in [-0.15, -0.1) is 0 Å². The van der Waals surface area contributed by atoms with Gasteiger partial charge in [-0.25, -0.2) is 4.79 Å². The lowest BCUT2D eigenvalue weighted by atomic mass is 9.97. The van der Waals surface area contributed by atoms with Crippen LogP contribution in [0, 0.1) is 5.92 Å². The molecule has 0 saturated carbocycles. The van der Waals surface area contributed by atoms with Crippen molar-refractivity contribution in [1.29, 1.82) is 0 Å². The third kappa shape index (κ3) is 6.25. The van der Waals surface area contributed by atoms with E-state index in [1.54, 1.807) is 6.92 Å². The predicted molar refractivity (Wildman–Crippen MR) is 77.7 cm³/mol. The fraction of sp³-hybridized carbons (Fsp3) is 0.800. The van der Waals surface area contributed by atoms with Crippen molar-refractivity contribution in [3.8, 4) is 0 Å². The topological polar surface area (TPSA) is 74.5 Å². The van der Waals surface area contributed by atoms with E-state index in [1.807, 2.05) is 20.8 Å². The van der Waals surface area contributed by atoms with Crippen molar-refractivity contribution >= 4 is 5.97 Å². The Balaban J connectivity index is 2.37. The lowest BCUT2D eigenvalue weighted by molar-refractivity contribution is -0.157. The molecule has 0 spiro atoms. The maximum absolute atomic E-state index is 11.8. The number of rotatable bonds is 7. The van der Waals surface area contributed by atoms with Gasteiger partial charge < -0.3 is 14.0 Å². The SMILES string of the molecule is CC(C)CCOC(C)C(=O)OCc1noc(C(C)(C)C)n1. The number of carbonyl (C=O) groups is 1. The van der Waals surface area contributed by atoms with Gasteiger partial charge in [0.2, 0.25) is 11.7 Å². The zero-order chi connectivity index (χ0) is 16.0. The number of ether oxygens (including phenoxy) is 2. The Bertz CT molecular complexity index is 449. The number of nitrogens with zero attached hydrogens (tertiary/aromatic N) is 2. The van der Waals surface area contributed by atoms with Crippen LogP contribution in [0.25, 0.3) is 0 Å². The van der Waals surface area contributed by atoms with Crippen molar-refractivity contribution in [3.63, 3.8) is 0 Å². The van der Waals surface area contributed by atoms with E-state index in [4.69, 9.17) is 14.0 Å². The Labute approximate surface area is 126 Å². The first kappa shape index (κ1) is 17.6. The number of hydrogen-bond donors (Lipinski definition) is 0. The molecule has 0 fully saturated rings. The van der Waals surface area contributed by atoms with Crippen LogP contribution < -0.4 is 0 Å². The molecule has 6 heteroatoms. The van der Waals surface area contributed by atoms with Crippen molar-refractivity contribution in [3.05, 3.63) is 11.7 Å². The van der Waals surface area contributed by atoms with Crippen molar-refractivity contribution in [2.75, 3.05) is 6.61 Å². The maximum Gasteiger partial charge on any atom is 0.335 e. The van der Waals surface area contributed by atoms with Crippen LogP contribution in [0.15, 0.2) is 4.52 Å². The smallest absolute Gasteiger partial charge is 0.335 e. The molecule has 1 heterocycles. The first-order valence-electron chi connectivity index (χ1n) is 7.31. The van der Waals surface area contributed by atoms with E-state index >= 15 is 0 Å². The van der Waals surface area contributed by atoms with Crippen molar-refractivity contribution in [1.82, 2.24) is 10.1 Å². The van der Waals surface area contributed by atoms with Crippen LogP contribution in [-0.4, -0.2) is 28.8 Å². The van der Waals surface area contributed by atoms with Gasteiger partial charge in [-0.3, -0.25) is 0 Å². The van der Waals surface area contributed by atoms with Crippen LogP contribution in [0.4, 0.5) is 0 Å². The molecule has 0 aliphatic heterocycles. The van der Waals surface area contributed by atoms with E-state index in [0.717, 1.165) is 6.42 Å². The minimum atomic E-state index is -0.585. The van der Waals surface area contributed by atoms with E-state index in [1.165, 1.54) is 0 Å². The molecule has 1 aromatic rings. The summed E-state index contributed by atoms with van der Waals surface area (Å²) in [6.07, 6.45) is 0.329. The Kier molecular flexibility index (Phi) is 6.33. The highest BCUT2D eigenvalue weighted by molar-refractivity contribution is 5.74. The molecule has 1 unspecified atom stereocenters. The summed E-state index contributed by atoms with van der Waals surface area (Å²) in [6, 6.07) is 0. The minimum absolute atomic E-state index is 0.00368. The number of carbonyl (C=O) groups excluding carboxylic acids is 1. The van der Waals surface area contributed by atoms with Crippen LogP contribution in [-0.2, 0) is 26.3 Å². The molecule has 6 nitrogen and oxygen atoms in total. The Morgan fingerprint density at radius 2 is 1.95 bits per heavy atom. The van der Waals surface area contributed by atoms with Gasteiger partial charge in [0.05, 0.1) is 0 Å². The van der Waals surface area contributed by atoms with Crippen LogP contribution >= 0.6 is 0 Å². The van der Waals surface area contributed by atoms with Crippen LogP contribution in [0.1, 0.15) is 59.7 Å². The zero-order valence-corrected chi connectivity index (χ0v) is 13.8. The Morgan fingerprint density at radius 3 is 2.48 bits per heavy atom. The average Bonchev–Trinajstić information content (AvgIpc) is 2.83. The second-order valence-electron chi connectivity index (χ2n) is 6.57.